The molecule has 0 atom stereocenters. The third kappa shape index (κ3) is 0.970. The maximum atomic E-state index is 3.43. The summed E-state index contributed by atoms with van der Waals surface area (Å²) in [6.45, 7) is 3.01. The summed E-state index contributed by atoms with van der Waals surface area (Å²) in [4.78, 5) is 3.43. The largest absolute Gasteiger partial charge is 0.383 e. The number of para-hydroxylation sites is 1. The molecule has 0 amide bonds. The molecule has 2 N–H and O–H groups in total. The lowest BCUT2D eigenvalue weighted by Gasteiger charge is -2.12. The Kier molecular flexibility index (Phi) is 1.45. The molecule has 2 heteroatoms. The molecule has 2 aromatic rings. The van der Waals surface area contributed by atoms with Crippen LogP contribution in [0.4, 0.5) is 0 Å². The van der Waals surface area contributed by atoms with Gasteiger partial charge in [0.15, 0.2) is 0 Å². The molecule has 2 nitrogen and oxygen atoms in total. The summed E-state index contributed by atoms with van der Waals surface area (Å²) >= 11 is 0. The molecule has 1 aliphatic heterocycles. The second-order valence-corrected chi connectivity index (χ2v) is 3.74. The highest BCUT2D eigenvalue weighted by Crippen LogP contribution is 2.26. The van der Waals surface area contributed by atoms with Crippen LogP contribution >= 0.6 is 0 Å². The molecule has 0 unspecified atom stereocenters. The van der Waals surface area contributed by atoms with Gasteiger partial charge in [-0.05, 0) is 19.1 Å². The monoisotopic (exact) mass is 184 g/mol. The topological polar surface area (TPSA) is 27.8 Å². The molecule has 0 fully saturated rings. The predicted octanol–water partition coefficient (Wildman–Crippen LogP) is 2.63. The second-order valence-electron chi connectivity index (χ2n) is 3.74. The Morgan fingerprint density at radius 1 is 1.21 bits per heavy atom. The van der Waals surface area contributed by atoms with Crippen LogP contribution in [0.1, 0.15) is 18.2 Å². The summed E-state index contributed by atoms with van der Waals surface area (Å²) in [5, 5.41) is 4.65. The van der Waals surface area contributed by atoms with Crippen molar-refractivity contribution >= 4 is 17.0 Å². The average Bonchev–Trinajstić information content (AvgIpc) is 2.56. The van der Waals surface area contributed by atoms with E-state index in [0.29, 0.717) is 0 Å². The van der Waals surface area contributed by atoms with E-state index in [-0.39, 0.29) is 0 Å². The smallest absolute Gasteiger partial charge is 0.0554 e. The van der Waals surface area contributed by atoms with E-state index in [4.69, 9.17) is 0 Å². The molecule has 70 valence electrons. The van der Waals surface area contributed by atoms with Gasteiger partial charge in [-0.2, -0.15) is 0 Å². The summed E-state index contributed by atoms with van der Waals surface area (Å²) in [6.07, 6.45) is 2.21. The number of nitrogens with one attached hydrogen (secondary N) is 2. The minimum Gasteiger partial charge on any atom is -0.383 e. The molecule has 1 aromatic carbocycles. The molecule has 0 saturated carbocycles. The number of allylic oxidation sites excluding steroid dienone is 1. The Morgan fingerprint density at radius 3 is 3.00 bits per heavy atom. The Balaban J connectivity index is 2.37. The minimum absolute atomic E-state index is 0.909. The van der Waals surface area contributed by atoms with Gasteiger partial charge in [-0.3, -0.25) is 0 Å². The van der Waals surface area contributed by atoms with E-state index in [1.54, 1.807) is 0 Å². The molecule has 0 saturated heterocycles. The Hall–Kier alpha value is -1.70. The fourth-order valence-corrected chi connectivity index (χ4v) is 2.02. The van der Waals surface area contributed by atoms with Crippen molar-refractivity contribution in [3.63, 3.8) is 0 Å². The maximum Gasteiger partial charge on any atom is 0.0554 e. The Morgan fingerprint density at radius 2 is 2.07 bits per heavy atom. The van der Waals surface area contributed by atoms with E-state index >= 15 is 0 Å². The summed E-state index contributed by atoms with van der Waals surface area (Å²) < 4.78 is 0. The van der Waals surface area contributed by atoms with E-state index in [2.05, 4.69) is 47.6 Å². The fraction of sp³-hybridized carbons (Fsp3) is 0.167. The van der Waals surface area contributed by atoms with Crippen molar-refractivity contribution < 1.29 is 0 Å². The lowest BCUT2D eigenvalue weighted by molar-refractivity contribution is 0.786. The van der Waals surface area contributed by atoms with Crippen molar-refractivity contribution in [2.24, 2.45) is 0 Å². The average molecular weight is 184 g/mol. The fourth-order valence-electron chi connectivity index (χ4n) is 2.02. The van der Waals surface area contributed by atoms with E-state index in [1.807, 2.05) is 0 Å². The van der Waals surface area contributed by atoms with Crippen molar-refractivity contribution in [2.75, 3.05) is 0 Å². The molecule has 1 aliphatic rings. The molecular formula is C12H12N2. The van der Waals surface area contributed by atoms with Crippen molar-refractivity contribution in [2.45, 2.75) is 13.5 Å². The van der Waals surface area contributed by atoms with Crippen molar-refractivity contribution in [3.05, 3.63) is 41.2 Å². The zero-order chi connectivity index (χ0) is 9.54. The highest BCUT2D eigenvalue weighted by Gasteiger charge is 2.12. The van der Waals surface area contributed by atoms with Gasteiger partial charge in [-0.15, -0.1) is 0 Å². The van der Waals surface area contributed by atoms with Crippen LogP contribution in [0, 0.1) is 0 Å². The molecule has 14 heavy (non-hydrogen) atoms. The molecule has 3 rings (SSSR count). The van der Waals surface area contributed by atoms with Gasteiger partial charge in [-0.1, -0.05) is 18.2 Å². The normalized spacial score (nSPS) is 14.8. The first-order valence-electron chi connectivity index (χ1n) is 4.86. The van der Waals surface area contributed by atoms with Gasteiger partial charge in [0, 0.05) is 27.9 Å². The zero-order valence-corrected chi connectivity index (χ0v) is 8.09. The third-order valence-electron chi connectivity index (χ3n) is 2.73. The van der Waals surface area contributed by atoms with Crippen molar-refractivity contribution in [3.8, 4) is 0 Å². The van der Waals surface area contributed by atoms with E-state index in [1.165, 1.54) is 27.9 Å². The number of aromatic nitrogens is 1. The van der Waals surface area contributed by atoms with Crippen LogP contribution in [0.5, 0.6) is 0 Å². The van der Waals surface area contributed by atoms with Crippen LogP contribution in [0.15, 0.2) is 30.0 Å². The van der Waals surface area contributed by atoms with Crippen LogP contribution < -0.4 is 5.32 Å². The number of aromatic amines is 1. The molecular weight excluding hydrogens is 172 g/mol. The molecule has 0 spiro atoms. The maximum absolute atomic E-state index is 3.43. The van der Waals surface area contributed by atoms with Gasteiger partial charge < -0.3 is 10.3 Å². The van der Waals surface area contributed by atoms with E-state index in [0.717, 1.165) is 6.54 Å². The molecule has 0 bridgehead atoms. The highest BCUT2D eigenvalue weighted by molar-refractivity contribution is 5.91. The van der Waals surface area contributed by atoms with Gasteiger partial charge in [0.2, 0.25) is 0 Å². The van der Waals surface area contributed by atoms with E-state index < -0.39 is 0 Å². The first kappa shape index (κ1) is 7.68. The van der Waals surface area contributed by atoms with Gasteiger partial charge in [-0.25, -0.2) is 0 Å². The van der Waals surface area contributed by atoms with Crippen LogP contribution in [0.2, 0.25) is 0 Å². The van der Waals surface area contributed by atoms with Gasteiger partial charge in [0.1, 0.15) is 0 Å². The van der Waals surface area contributed by atoms with Crippen molar-refractivity contribution in [1.82, 2.24) is 10.3 Å². The van der Waals surface area contributed by atoms with Crippen LogP contribution in [0.25, 0.3) is 17.0 Å². The summed E-state index contributed by atoms with van der Waals surface area (Å²) in [7, 11) is 0. The highest BCUT2D eigenvalue weighted by atomic mass is 14.9. The number of H-pyrrole nitrogens is 1. The van der Waals surface area contributed by atoms with Gasteiger partial charge >= 0.3 is 0 Å². The standard InChI is InChI=1S/C12H12N2/c1-8-6-10-9-4-2-3-5-11(9)14-12(10)7-13-8/h2-6,13-14H,7H2,1H3. The van der Waals surface area contributed by atoms with Gasteiger partial charge in [0.25, 0.3) is 0 Å². The molecule has 0 radical (unpaired) electrons. The number of hydrogen-bond donors (Lipinski definition) is 2. The van der Waals surface area contributed by atoms with Crippen molar-refractivity contribution in [1.29, 1.82) is 0 Å². The molecule has 2 heterocycles. The second kappa shape index (κ2) is 2.64. The van der Waals surface area contributed by atoms with Gasteiger partial charge in [0.05, 0.1) is 6.54 Å². The van der Waals surface area contributed by atoms with Crippen LogP contribution in [0.3, 0.4) is 0 Å². The number of benzene rings is 1. The minimum atomic E-state index is 0.909. The SMILES string of the molecule is CC1=Cc2c([nH]c3ccccc23)CN1. The Bertz CT molecular complexity index is 520. The lowest BCUT2D eigenvalue weighted by Crippen LogP contribution is -2.15. The van der Waals surface area contributed by atoms with Crippen LogP contribution in [-0.2, 0) is 6.54 Å². The first-order chi connectivity index (χ1) is 6.84. The summed E-state index contributed by atoms with van der Waals surface area (Å²) in [5.41, 5.74) is 5.10. The Labute approximate surface area is 82.6 Å². The summed E-state index contributed by atoms with van der Waals surface area (Å²) in [6, 6.07) is 8.44. The number of rotatable bonds is 0. The summed E-state index contributed by atoms with van der Waals surface area (Å²) in [5.74, 6) is 0. The number of hydrogen-bond acceptors (Lipinski definition) is 1. The number of fused-ring (bicyclic) bond motifs is 3. The molecule has 0 aliphatic carbocycles. The quantitative estimate of drug-likeness (QED) is 0.647. The lowest BCUT2D eigenvalue weighted by atomic mass is 10.1. The third-order valence-corrected chi connectivity index (χ3v) is 2.73. The zero-order valence-electron chi connectivity index (χ0n) is 8.09. The van der Waals surface area contributed by atoms with Crippen LogP contribution in [-0.4, -0.2) is 4.98 Å². The predicted molar refractivity (Wildman–Crippen MR) is 58.8 cm³/mol. The van der Waals surface area contributed by atoms with E-state index in [9.17, 15) is 0 Å². The molecule has 1 aromatic heterocycles. The first-order valence-corrected chi connectivity index (χ1v) is 4.86.